The van der Waals surface area contributed by atoms with Crippen molar-refractivity contribution in [3.63, 3.8) is 0 Å². The molecule has 0 aromatic carbocycles. The molecule has 0 radical (unpaired) electrons. The minimum Gasteiger partial charge on any atom is -0.334 e. The van der Waals surface area contributed by atoms with E-state index in [1.54, 1.807) is 17.5 Å². The number of nitrogens with zero attached hydrogens (tertiary/aromatic N) is 3. The van der Waals surface area contributed by atoms with E-state index in [4.69, 9.17) is 10.3 Å². The van der Waals surface area contributed by atoms with Gasteiger partial charge in [-0.2, -0.15) is 16.3 Å². The summed E-state index contributed by atoms with van der Waals surface area (Å²) in [6.45, 7) is 2.42. The van der Waals surface area contributed by atoms with Crippen LogP contribution in [0.15, 0.2) is 33.6 Å². The maximum atomic E-state index is 5.57. The Labute approximate surface area is 114 Å². The molecule has 3 rings (SSSR count). The molecule has 5 nitrogen and oxygen atoms in total. The highest BCUT2D eigenvalue weighted by atomic mass is 32.1. The molecule has 2 N–H and O–H groups in total. The van der Waals surface area contributed by atoms with E-state index in [2.05, 4.69) is 20.5 Å². The van der Waals surface area contributed by atoms with Gasteiger partial charge in [0.25, 0.3) is 5.89 Å². The van der Waals surface area contributed by atoms with Gasteiger partial charge >= 0.3 is 0 Å². The molecule has 0 aliphatic rings. The Kier molecular flexibility index (Phi) is 3.10. The first-order chi connectivity index (χ1) is 9.28. The van der Waals surface area contributed by atoms with Gasteiger partial charge in [-0.1, -0.05) is 5.16 Å². The van der Waals surface area contributed by atoms with Crippen molar-refractivity contribution in [1.82, 2.24) is 15.1 Å². The van der Waals surface area contributed by atoms with Gasteiger partial charge in [0.1, 0.15) is 0 Å². The molecule has 0 fully saturated rings. The quantitative estimate of drug-likeness (QED) is 0.793. The smallest absolute Gasteiger partial charge is 0.258 e. The highest BCUT2D eigenvalue weighted by Gasteiger charge is 2.13. The van der Waals surface area contributed by atoms with Crippen LogP contribution in [0.2, 0.25) is 0 Å². The molecule has 3 aromatic heterocycles. The molecule has 0 saturated heterocycles. The Balaban J connectivity index is 1.99. The summed E-state index contributed by atoms with van der Waals surface area (Å²) in [5, 5.41) is 8.10. The zero-order valence-electron chi connectivity index (χ0n) is 10.3. The Morgan fingerprint density at radius 2 is 2.26 bits per heavy atom. The molecule has 6 heteroatoms. The van der Waals surface area contributed by atoms with E-state index in [9.17, 15) is 0 Å². The number of hydrogen-bond donors (Lipinski definition) is 1. The van der Waals surface area contributed by atoms with E-state index in [0.717, 1.165) is 22.4 Å². The van der Waals surface area contributed by atoms with Crippen molar-refractivity contribution in [3.05, 3.63) is 40.3 Å². The third-order valence-corrected chi connectivity index (χ3v) is 3.66. The highest BCUT2D eigenvalue weighted by Crippen LogP contribution is 2.26. The maximum absolute atomic E-state index is 5.57. The number of pyridine rings is 1. The highest BCUT2D eigenvalue weighted by molar-refractivity contribution is 7.08. The summed E-state index contributed by atoms with van der Waals surface area (Å²) in [7, 11) is 0. The summed E-state index contributed by atoms with van der Waals surface area (Å²) in [6.07, 6.45) is 1.69. The van der Waals surface area contributed by atoms with Crippen molar-refractivity contribution in [3.8, 4) is 22.8 Å². The van der Waals surface area contributed by atoms with Crippen LogP contribution in [-0.2, 0) is 6.54 Å². The Morgan fingerprint density at radius 1 is 1.37 bits per heavy atom. The molecule has 0 bridgehead atoms. The molecule has 96 valence electrons. The fourth-order valence-electron chi connectivity index (χ4n) is 1.76. The fourth-order valence-corrected chi connectivity index (χ4v) is 2.59. The number of rotatable bonds is 3. The van der Waals surface area contributed by atoms with Crippen LogP contribution in [0.1, 0.15) is 11.3 Å². The monoisotopic (exact) mass is 272 g/mol. The summed E-state index contributed by atoms with van der Waals surface area (Å²) < 4.78 is 5.30. The molecule has 19 heavy (non-hydrogen) atoms. The summed E-state index contributed by atoms with van der Waals surface area (Å²) >= 11 is 1.62. The van der Waals surface area contributed by atoms with Crippen molar-refractivity contribution >= 4 is 11.3 Å². The van der Waals surface area contributed by atoms with Gasteiger partial charge in [-0.15, -0.1) is 0 Å². The van der Waals surface area contributed by atoms with E-state index >= 15 is 0 Å². The molecule has 0 amide bonds. The second-order valence-corrected chi connectivity index (χ2v) is 4.88. The first-order valence-electron chi connectivity index (χ1n) is 5.80. The van der Waals surface area contributed by atoms with E-state index in [0.29, 0.717) is 18.3 Å². The predicted octanol–water partition coefficient (Wildman–Crippen LogP) is 2.63. The molecule has 0 aliphatic carbocycles. The van der Waals surface area contributed by atoms with Gasteiger partial charge < -0.3 is 10.3 Å². The minimum atomic E-state index is 0.387. The molecule has 0 saturated carbocycles. The normalized spacial score (nSPS) is 10.8. The maximum Gasteiger partial charge on any atom is 0.258 e. The fraction of sp³-hybridized carbons (Fsp3) is 0.154. The molecule has 0 unspecified atom stereocenters. The Morgan fingerprint density at radius 3 is 3.00 bits per heavy atom. The van der Waals surface area contributed by atoms with Crippen molar-refractivity contribution < 1.29 is 4.52 Å². The zero-order chi connectivity index (χ0) is 13.2. The second-order valence-electron chi connectivity index (χ2n) is 4.13. The zero-order valence-corrected chi connectivity index (χ0v) is 11.1. The third kappa shape index (κ3) is 2.27. The summed E-state index contributed by atoms with van der Waals surface area (Å²) in [6, 6.07) is 3.69. The number of thiophene rings is 1. The minimum absolute atomic E-state index is 0.387. The van der Waals surface area contributed by atoms with Gasteiger partial charge in [-0.05, 0) is 30.0 Å². The van der Waals surface area contributed by atoms with Crippen molar-refractivity contribution in [1.29, 1.82) is 0 Å². The second kappa shape index (κ2) is 4.91. The summed E-state index contributed by atoms with van der Waals surface area (Å²) in [5.74, 6) is 1.09. The lowest BCUT2D eigenvalue weighted by molar-refractivity contribution is 0.432. The topological polar surface area (TPSA) is 77.8 Å². The first kappa shape index (κ1) is 12.0. The molecule has 0 aliphatic heterocycles. The van der Waals surface area contributed by atoms with Crippen LogP contribution in [0.5, 0.6) is 0 Å². The van der Waals surface area contributed by atoms with E-state index in [1.807, 2.05) is 24.4 Å². The predicted molar refractivity (Wildman–Crippen MR) is 73.5 cm³/mol. The number of hydrogen-bond acceptors (Lipinski definition) is 6. The van der Waals surface area contributed by atoms with Gasteiger partial charge in [-0.3, -0.25) is 4.98 Å². The summed E-state index contributed by atoms with van der Waals surface area (Å²) in [5.41, 5.74) is 9.36. The number of nitrogens with two attached hydrogens (primary N) is 1. The molecular formula is C13H12N4OS. The van der Waals surface area contributed by atoms with Crippen molar-refractivity contribution in [2.24, 2.45) is 5.73 Å². The molecule has 0 atom stereocenters. The molecule has 0 spiro atoms. The Hall–Kier alpha value is -2.05. The van der Waals surface area contributed by atoms with Gasteiger partial charge in [0.05, 0.1) is 5.69 Å². The van der Waals surface area contributed by atoms with E-state index < -0.39 is 0 Å². The number of aryl methyl sites for hydroxylation is 1. The lowest BCUT2D eigenvalue weighted by atomic mass is 10.2. The first-order valence-corrected chi connectivity index (χ1v) is 6.74. The van der Waals surface area contributed by atoms with E-state index in [1.165, 1.54) is 0 Å². The van der Waals surface area contributed by atoms with Crippen LogP contribution in [0.3, 0.4) is 0 Å². The largest absolute Gasteiger partial charge is 0.334 e. The van der Waals surface area contributed by atoms with Gasteiger partial charge in [0, 0.05) is 29.2 Å². The third-order valence-electron chi connectivity index (χ3n) is 2.80. The van der Waals surface area contributed by atoms with Crippen LogP contribution in [0, 0.1) is 6.92 Å². The SMILES string of the molecule is Cc1cscc1-c1noc(-c2ccnc(CN)c2)n1. The van der Waals surface area contributed by atoms with E-state index in [-0.39, 0.29) is 0 Å². The average Bonchev–Trinajstić information content (AvgIpc) is 3.07. The number of aromatic nitrogens is 3. The van der Waals surface area contributed by atoms with Crippen LogP contribution in [-0.4, -0.2) is 15.1 Å². The van der Waals surface area contributed by atoms with Gasteiger partial charge in [0.2, 0.25) is 5.82 Å². The molecular weight excluding hydrogens is 260 g/mol. The van der Waals surface area contributed by atoms with Gasteiger partial charge in [0.15, 0.2) is 0 Å². The Bertz CT molecular complexity index is 704. The molecule has 3 heterocycles. The molecule has 3 aromatic rings. The van der Waals surface area contributed by atoms with Gasteiger partial charge in [-0.25, -0.2) is 0 Å². The lowest BCUT2D eigenvalue weighted by Gasteiger charge is -1.97. The van der Waals surface area contributed by atoms with Crippen LogP contribution in [0.4, 0.5) is 0 Å². The van der Waals surface area contributed by atoms with Crippen molar-refractivity contribution in [2.75, 3.05) is 0 Å². The van der Waals surface area contributed by atoms with Crippen LogP contribution >= 0.6 is 11.3 Å². The summed E-state index contributed by atoms with van der Waals surface area (Å²) in [4.78, 5) is 8.56. The van der Waals surface area contributed by atoms with Crippen molar-refractivity contribution in [2.45, 2.75) is 13.5 Å². The lowest BCUT2D eigenvalue weighted by Crippen LogP contribution is -1.98. The van der Waals surface area contributed by atoms with Crippen LogP contribution < -0.4 is 5.73 Å². The standard InChI is InChI=1S/C13H12N4OS/c1-8-6-19-7-11(8)12-16-13(18-17-12)9-2-3-15-10(4-9)5-14/h2-4,6-7H,5,14H2,1H3. The average molecular weight is 272 g/mol. The van der Waals surface area contributed by atoms with Crippen LogP contribution in [0.25, 0.3) is 22.8 Å².